The van der Waals surface area contributed by atoms with E-state index in [-0.39, 0.29) is 6.04 Å². The van der Waals surface area contributed by atoms with Crippen LogP contribution in [0.2, 0.25) is 0 Å². The molecule has 2 heterocycles. The molecule has 1 aromatic heterocycles. The van der Waals surface area contributed by atoms with Crippen molar-refractivity contribution in [3.63, 3.8) is 0 Å². The van der Waals surface area contributed by atoms with Crippen LogP contribution >= 0.6 is 0 Å². The summed E-state index contributed by atoms with van der Waals surface area (Å²) in [5.41, 5.74) is 0. The normalized spacial score (nSPS) is 16.9. The molecule has 1 atom stereocenters. The highest BCUT2D eigenvalue weighted by Crippen LogP contribution is 2.17. The predicted molar refractivity (Wildman–Crippen MR) is 61.2 cm³/mol. The quantitative estimate of drug-likeness (QED) is 0.586. The van der Waals surface area contributed by atoms with Gasteiger partial charge in [-0.15, -0.1) is 0 Å². The number of ether oxygens (including phenoxy) is 1. The predicted octanol–water partition coefficient (Wildman–Crippen LogP) is -0.934. The SMILES string of the molecule is COC(C(=O)O)C(=O)Nc1ccnn1C1CNC1. The molecule has 0 saturated carbocycles. The van der Waals surface area contributed by atoms with E-state index in [1.54, 1.807) is 16.9 Å². The second-order valence-corrected chi connectivity index (χ2v) is 3.92. The van der Waals surface area contributed by atoms with Crippen molar-refractivity contribution in [1.29, 1.82) is 0 Å². The number of carboxylic acid groups (broad SMARTS) is 1. The van der Waals surface area contributed by atoms with Crippen molar-refractivity contribution in [2.75, 3.05) is 25.5 Å². The molecular formula is C10H14N4O4. The van der Waals surface area contributed by atoms with Crippen LogP contribution < -0.4 is 10.6 Å². The van der Waals surface area contributed by atoms with Crippen LogP contribution in [0.25, 0.3) is 0 Å². The van der Waals surface area contributed by atoms with Gasteiger partial charge in [0.05, 0.1) is 12.2 Å². The van der Waals surface area contributed by atoms with Crippen LogP contribution in [0.4, 0.5) is 5.82 Å². The van der Waals surface area contributed by atoms with Crippen molar-refractivity contribution in [3.05, 3.63) is 12.3 Å². The molecule has 1 fully saturated rings. The molecule has 3 N–H and O–H groups in total. The number of hydrogen-bond donors (Lipinski definition) is 3. The first kappa shape index (κ1) is 12.5. The van der Waals surface area contributed by atoms with Gasteiger partial charge >= 0.3 is 5.97 Å². The summed E-state index contributed by atoms with van der Waals surface area (Å²) in [6.45, 7) is 1.55. The summed E-state index contributed by atoms with van der Waals surface area (Å²) in [5, 5.41) is 18.5. The highest BCUT2D eigenvalue weighted by atomic mass is 16.5. The fourth-order valence-electron chi connectivity index (χ4n) is 1.66. The molecule has 0 aliphatic carbocycles. The van der Waals surface area contributed by atoms with E-state index in [0.717, 1.165) is 13.1 Å². The maximum atomic E-state index is 11.7. The molecule has 1 unspecified atom stereocenters. The number of aliphatic carboxylic acids is 1. The molecule has 1 saturated heterocycles. The standard InChI is InChI=1S/C10H14N4O4/c1-18-8(10(16)17)9(15)13-7-2-3-12-14(7)6-4-11-5-6/h2-3,6,8,11H,4-5H2,1H3,(H,13,15)(H,16,17). The largest absolute Gasteiger partial charge is 0.479 e. The van der Waals surface area contributed by atoms with E-state index in [1.807, 2.05) is 0 Å². The monoisotopic (exact) mass is 254 g/mol. The van der Waals surface area contributed by atoms with Gasteiger partial charge in [-0.3, -0.25) is 4.79 Å². The number of amides is 1. The fraction of sp³-hybridized carbons (Fsp3) is 0.500. The molecule has 18 heavy (non-hydrogen) atoms. The van der Waals surface area contributed by atoms with Crippen LogP contribution in [0.1, 0.15) is 6.04 Å². The van der Waals surface area contributed by atoms with E-state index >= 15 is 0 Å². The Labute approximate surface area is 103 Å². The molecule has 98 valence electrons. The number of rotatable bonds is 5. The van der Waals surface area contributed by atoms with Gasteiger partial charge in [-0.1, -0.05) is 0 Å². The Bertz CT molecular complexity index is 454. The second-order valence-electron chi connectivity index (χ2n) is 3.92. The van der Waals surface area contributed by atoms with Crippen LogP contribution in [0.3, 0.4) is 0 Å². The topological polar surface area (TPSA) is 105 Å². The van der Waals surface area contributed by atoms with E-state index in [9.17, 15) is 9.59 Å². The van der Waals surface area contributed by atoms with Gasteiger partial charge in [0.15, 0.2) is 0 Å². The highest BCUT2D eigenvalue weighted by molar-refractivity contribution is 6.06. The lowest BCUT2D eigenvalue weighted by Crippen LogP contribution is -2.44. The first-order valence-electron chi connectivity index (χ1n) is 5.44. The Morgan fingerprint density at radius 1 is 1.67 bits per heavy atom. The van der Waals surface area contributed by atoms with Gasteiger partial charge in [-0.05, 0) is 0 Å². The zero-order valence-electron chi connectivity index (χ0n) is 9.79. The van der Waals surface area contributed by atoms with Crippen LogP contribution in [-0.4, -0.2) is 53.1 Å². The maximum absolute atomic E-state index is 11.7. The number of anilines is 1. The third kappa shape index (κ3) is 2.34. The smallest absolute Gasteiger partial charge is 0.342 e. The van der Waals surface area contributed by atoms with Crippen molar-refractivity contribution in [1.82, 2.24) is 15.1 Å². The fourth-order valence-corrected chi connectivity index (χ4v) is 1.66. The van der Waals surface area contributed by atoms with E-state index in [0.29, 0.717) is 5.82 Å². The molecule has 1 aliphatic heterocycles. The Morgan fingerprint density at radius 2 is 2.39 bits per heavy atom. The van der Waals surface area contributed by atoms with Crippen LogP contribution in [-0.2, 0) is 14.3 Å². The molecular weight excluding hydrogens is 240 g/mol. The van der Waals surface area contributed by atoms with Gasteiger partial charge in [0.1, 0.15) is 5.82 Å². The van der Waals surface area contributed by atoms with E-state index in [2.05, 4.69) is 20.5 Å². The van der Waals surface area contributed by atoms with Crippen LogP contribution in [0.15, 0.2) is 12.3 Å². The minimum Gasteiger partial charge on any atom is -0.479 e. The number of aromatic nitrogens is 2. The summed E-state index contributed by atoms with van der Waals surface area (Å²) in [7, 11) is 1.17. The lowest BCUT2D eigenvalue weighted by Gasteiger charge is -2.28. The number of carboxylic acids is 1. The number of carbonyl (C=O) groups is 2. The van der Waals surface area contributed by atoms with Crippen molar-refractivity contribution >= 4 is 17.7 Å². The van der Waals surface area contributed by atoms with Crippen molar-refractivity contribution in [3.8, 4) is 0 Å². The molecule has 0 bridgehead atoms. The van der Waals surface area contributed by atoms with Crippen molar-refractivity contribution in [2.45, 2.75) is 12.1 Å². The Kier molecular flexibility index (Phi) is 3.58. The number of carbonyl (C=O) groups excluding carboxylic acids is 1. The summed E-state index contributed by atoms with van der Waals surface area (Å²) in [6.07, 6.45) is 0.0316. The Balaban J connectivity index is 2.06. The summed E-state index contributed by atoms with van der Waals surface area (Å²) in [6, 6.07) is 1.80. The Morgan fingerprint density at radius 3 is 2.89 bits per heavy atom. The number of hydrogen-bond acceptors (Lipinski definition) is 5. The molecule has 1 aromatic rings. The van der Waals surface area contributed by atoms with Gasteiger partial charge in [0.2, 0.25) is 6.10 Å². The van der Waals surface area contributed by atoms with Crippen molar-refractivity contribution in [2.24, 2.45) is 0 Å². The van der Waals surface area contributed by atoms with E-state index < -0.39 is 18.0 Å². The molecule has 0 radical (unpaired) electrons. The molecule has 8 heteroatoms. The van der Waals surface area contributed by atoms with Gasteiger partial charge in [0.25, 0.3) is 5.91 Å². The lowest BCUT2D eigenvalue weighted by molar-refractivity contribution is -0.153. The maximum Gasteiger partial charge on any atom is 0.342 e. The highest BCUT2D eigenvalue weighted by Gasteiger charge is 2.28. The van der Waals surface area contributed by atoms with Gasteiger partial charge in [-0.2, -0.15) is 5.10 Å². The van der Waals surface area contributed by atoms with Gasteiger partial charge in [-0.25, -0.2) is 9.48 Å². The number of nitrogens with zero attached hydrogens (tertiary/aromatic N) is 2. The molecule has 1 amide bonds. The number of nitrogens with one attached hydrogen (secondary N) is 2. The zero-order valence-corrected chi connectivity index (χ0v) is 9.79. The lowest BCUT2D eigenvalue weighted by atomic mass is 10.2. The molecule has 8 nitrogen and oxygen atoms in total. The molecule has 1 aliphatic rings. The van der Waals surface area contributed by atoms with Crippen molar-refractivity contribution < 1.29 is 19.4 Å². The molecule has 2 rings (SSSR count). The third-order valence-electron chi connectivity index (χ3n) is 2.73. The van der Waals surface area contributed by atoms with Gasteiger partial charge in [0, 0.05) is 26.3 Å². The first-order valence-corrected chi connectivity index (χ1v) is 5.44. The summed E-state index contributed by atoms with van der Waals surface area (Å²) < 4.78 is 6.27. The second kappa shape index (κ2) is 5.15. The van der Waals surface area contributed by atoms with Crippen LogP contribution in [0.5, 0.6) is 0 Å². The summed E-state index contributed by atoms with van der Waals surface area (Å²) in [5.74, 6) is -1.58. The first-order chi connectivity index (χ1) is 8.63. The van der Waals surface area contributed by atoms with E-state index in [1.165, 1.54) is 7.11 Å². The Hall–Kier alpha value is -1.93. The average molecular weight is 254 g/mol. The van der Waals surface area contributed by atoms with Crippen LogP contribution in [0, 0.1) is 0 Å². The zero-order chi connectivity index (χ0) is 13.1. The molecule has 0 spiro atoms. The minimum absolute atomic E-state index is 0.182. The summed E-state index contributed by atoms with van der Waals surface area (Å²) >= 11 is 0. The van der Waals surface area contributed by atoms with E-state index in [4.69, 9.17) is 5.11 Å². The third-order valence-corrected chi connectivity index (χ3v) is 2.73. The average Bonchev–Trinajstić information content (AvgIpc) is 2.64. The number of methoxy groups -OCH3 is 1. The molecule has 0 aromatic carbocycles. The summed E-state index contributed by atoms with van der Waals surface area (Å²) in [4.78, 5) is 22.5. The van der Waals surface area contributed by atoms with Gasteiger partial charge < -0.3 is 20.5 Å². The minimum atomic E-state index is -1.52.